The number of anilines is 1. The van der Waals surface area contributed by atoms with Gasteiger partial charge in [-0.3, -0.25) is 0 Å². The van der Waals surface area contributed by atoms with Crippen LogP contribution in [0.5, 0.6) is 0 Å². The van der Waals surface area contributed by atoms with Crippen molar-refractivity contribution in [3.05, 3.63) is 54.2 Å². The molecule has 1 aromatic carbocycles. The summed E-state index contributed by atoms with van der Waals surface area (Å²) in [6.07, 6.45) is 6.18. The molecule has 2 aliphatic rings. The van der Waals surface area contributed by atoms with Gasteiger partial charge in [0.2, 0.25) is 0 Å². The van der Waals surface area contributed by atoms with Gasteiger partial charge in [-0.1, -0.05) is 12.1 Å². The van der Waals surface area contributed by atoms with E-state index in [2.05, 4.69) is 14.9 Å². The quantitative estimate of drug-likeness (QED) is 0.715. The third kappa shape index (κ3) is 3.69. The molecule has 1 saturated heterocycles. The fourth-order valence-corrected chi connectivity index (χ4v) is 4.22. The minimum absolute atomic E-state index is 0.223. The summed E-state index contributed by atoms with van der Waals surface area (Å²) in [6, 6.07) is 9.96. The lowest BCUT2D eigenvalue weighted by Gasteiger charge is -2.33. The van der Waals surface area contributed by atoms with Crippen molar-refractivity contribution < 1.29 is 9.18 Å². The number of nitrogens with one attached hydrogen (secondary N) is 1. The number of benzene rings is 1. The maximum Gasteiger partial charge on any atom is 0.321 e. The van der Waals surface area contributed by atoms with E-state index in [0.717, 1.165) is 36.4 Å². The molecule has 29 heavy (non-hydrogen) atoms. The van der Waals surface area contributed by atoms with Crippen LogP contribution in [0.1, 0.15) is 37.4 Å². The number of pyridine rings is 1. The Morgan fingerprint density at radius 3 is 2.86 bits per heavy atom. The molecule has 0 spiro atoms. The van der Waals surface area contributed by atoms with Crippen LogP contribution in [-0.2, 0) is 6.54 Å². The number of para-hydroxylation sites is 1. The van der Waals surface area contributed by atoms with E-state index < -0.39 is 5.82 Å². The zero-order chi connectivity index (χ0) is 19.8. The predicted molar refractivity (Wildman–Crippen MR) is 109 cm³/mol. The maximum atomic E-state index is 13.9. The number of likely N-dealkylation sites (tertiary alicyclic amines) is 1. The third-order valence-electron chi connectivity index (χ3n) is 5.84. The third-order valence-corrected chi connectivity index (χ3v) is 5.84. The molecule has 7 heteroatoms. The zero-order valence-corrected chi connectivity index (χ0v) is 16.2. The van der Waals surface area contributed by atoms with Gasteiger partial charge in [0.25, 0.3) is 0 Å². The Morgan fingerprint density at radius 1 is 1.17 bits per heavy atom. The highest BCUT2D eigenvalue weighted by molar-refractivity contribution is 5.89. The second-order valence-corrected chi connectivity index (χ2v) is 8.07. The largest absolute Gasteiger partial charge is 0.324 e. The van der Waals surface area contributed by atoms with Crippen molar-refractivity contribution in [1.29, 1.82) is 0 Å². The van der Waals surface area contributed by atoms with Crippen LogP contribution in [-0.4, -0.2) is 38.6 Å². The highest BCUT2D eigenvalue weighted by Crippen LogP contribution is 2.41. The average molecular weight is 393 g/mol. The molecule has 1 N–H and O–H groups in total. The second kappa shape index (κ2) is 7.46. The number of imidazole rings is 1. The Bertz CT molecular complexity index is 1040. The molecule has 0 bridgehead atoms. The Balaban J connectivity index is 1.32. The van der Waals surface area contributed by atoms with Crippen LogP contribution in [0.3, 0.4) is 0 Å². The first kappa shape index (κ1) is 18.1. The van der Waals surface area contributed by atoms with E-state index in [0.29, 0.717) is 24.9 Å². The number of hydrogen-bond donors (Lipinski definition) is 1. The number of urea groups is 1. The SMILES string of the molecule is O=C(Nc1ccccc1F)N1CCCC(Cn2c(C3CC3)nc3cccnc32)C1. The van der Waals surface area contributed by atoms with E-state index in [9.17, 15) is 9.18 Å². The minimum Gasteiger partial charge on any atom is -0.324 e. The van der Waals surface area contributed by atoms with Gasteiger partial charge in [0, 0.05) is 31.7 Å². The topological polar surface area (TPSA) is 63.1 Å². The van der Waals surface area contributed by atoms with Crippen LogP contribution in [0.15, 0.2) is 42.6 Å². The molecule has 2 aromatic heterocycles. The number of halogens is 1. The predicted octanol–water partition coefficient (Wildman–Crippen LogP) is 4.39. The van der Waals surface area contributed by atoms with Crippen LogP contribution in [0, 0.1) is 11.7 Å². The number of rotatable bonds is 4. The molecule has 1 saturated carbocycles. The van der Waals surface area contributed by atoms with Gasteiger partial charge >= 0.3 is 6.03 Å². The molecule has 1 unspecified atom stereocenters. The number of hydrogen-bond acceptors (Lipinski definition) is 3. The van der Waals surface area contributed by atoms with E-state index in [1.165, 1.54) is 18.9 Å². The Kier molecular flexibility index (Phi) is 4.66. The van der Waals surface area contributed by atoms with Gasteiger partial charge in [-0.05, 0) is 55.9 Å². The lowest BCUT2D eigenvalue weighted by molar-refractivity contribution is 0.170. The minimum atomic E-state index is -0.417. The summed E-state index contributed by atoms with van der Waals surface area (Å²) in [5, 5.41) is 2.71. The fourth-order valence-electron chi connectivity index (χ4n) is 4.22. The van der Waals surface area contributed by atoms with E-state index in [1.807, 2.05) is 18.3 Å². The molecular weight excluding hydrogens is 369 g/mol. The highest BCUT2D eigenvalue weighted by atomic mass is 19.1. The van der Waals surface area contributed by atoms with Gasteiger partial charge in [0.1, 0.15) is 17.2 Å². The molecule has 3 aromatic rings. The van der Waals surface area contributed by atoms with E-state index >= 15 is 0 Å². The van der Waals surface area contributed by atoms with Crippen LogP contribution >= 0.6 is 0 Å². The summed E-state index contributed by atoms with van der Waals surface area (Å²) in [7, 11) is 0. The first-order chi connectivity index (χ1) is 14.2. The van der Waals surface area contributed by atoms with Crippen molar-refractivity contribution in [1.82, 2.24) is 19.4 Å². The molecule has 3 heterocycles. The van der Waals surface area contributed by atoms with Crippen molar-refractivity contribution in [3.63, 3.8) is 0 Å². The smallest absolute Gasteiger partial charge is 0.321 e. The normalized spacial score (nSPS) is 19.5. The van der Waals surface area contributed by atoms with Gasteiger partial charge in [0.15, 0.2) is 5.65 Å². The molecule has 1 aliphatic heterocycles. The molecule has 2 amide bonds. The van der Waals surface area contributed by atoms with Gasteiger partial charge in [0.05, 0.1) is 5.69 Å². The van der Waals surface area contributed by atoms with E-state index in [-0.39, 0.29) is 11.7 Å². The zero-order valence-electron chi connectivity index (χ0n) is 16.2. The van der Waals surface area contributed by atoms with E-state index in [4.69, 9.17) is 4.98 Å². The van der Waals surface area contributed by atoms with Gasteiger partial charge in [-0.15, -0.1) is 0 Å². The number of amides is 2. The first-order valence-corrected chi connectivity index (χ1v) is 10.3. The number of nitrogens with zero attached hydrogens (tertiary/aromatic N) is 4. The number of carbonyl (C=O) groups excluding carboxylic acids is 1. The molecule has 2 fully saturated rings. The second-order valence-electron chi connectivity index (χ2n) is 8.07. The Hall–Kier alpha value is -2.96. The summed E-state index contributed by atoms with van der Waals surface area (Å²) in [6.45, 7) is 2.15. The monoisotopic (exact) mass is 393 g/mol. The van der Waals surface area contributed by atoms with E-state index in [1.54, 1.807) is 23.1 Å². The Labute approximate surface area is 168 Å². The number of fused-ring (bicyclic) bond motifs is 1. The molecule has 6 nitrogen and oxygen atoms in total. The van der Waals surface area contributed by atoms with Crippen molar-refractivity contribution >= 4 is 22.9 Å². The molecular formula is C22H24FN5O. The van der Waals surface area contributed by atoms with Gasteiger partial charge < -0.3 is 14.8 Å². The van der Waals surface area contributed by atoms with Crippen LogP contribution in [0.25, 0.3) is 11.2 Å². The lowest BCUT2D eigenvalue weighted by atomic mass is 9.98. The van der Waals surface area contributed by atoms with Crippen molar-refractivity contribution in [2.24, 2.45) is 5.92 Å². The van der Waals surface area contributed by atoms with Crippen LogP contribution in [0.4, 0.5) is 14.9 Å². The van der Waals surface area contributed by atoms with Crippen LogP contribution in [0.2, 0.25) is 0 Å². The number of piperidine rings is 1. The molecule has 150 valence electrons. The number of carbonyl (C=O) groups is 1. The molecule has 1 atom stereocenters. The van der Waals surface area contributed by atoms with Gasteiger partial charge in [-0.2, -0.15) is 0 Å². The van der Waals surface area contributed by atoms with Crippen molar-refractivity contribution in [2.45, 2.75) is 38.1 Å². The molecule has 5 rings (SSSR count). The molecule has 1 aliphatic carbocycles. The van der Waals surface area contributed by atoms with Crippen molar-refractivity contribution in [2.75, 3.05) is 18.4 Å². The van der Waals surface area contributed by atoms with Gasteiger partial charge in [-0.25, -0.2) is 19.2 Å². The summed E-state index contributed by atoms with van der Waals surface area (Å²) in [4.78, 5) is 23.9. The first-order valence-electron chi connectivity index (χ1n) is 10.3. The summed E-state index contributed by atoms with van der Waals surface area (Å²) < 4.78 is 16.1. The van der Waals surface area contributed by atoms with Crippen LogP contribution < -0.4 is 5.32 Å². The average Bonchev–Trinajstić information content (AvgIpc) is 3.53. The highest BCUT2D eigenvalue weighted by Gasteiger charge is 2.32. The summed E-state index contributed by atoms with van der Waals surface area (Å²) in [5.41, 5.74) is 2.10. The fraction of sp³-hybridized carbons (Fsp3) is 0.409. The standard InChI is InChI=1S/C22H24FN5O/c23-17-6-1-2-7-18(17)26-22(29)27-12-4-5-15(13-27)14-28-20(16-9-10-16)25-19-8-3-11-24-21(19)28/h1-3,6-8,11,15-16H,4-5,9-10,12-14H2,(H,26,29). The lowest BCUT2D eigenvalue weighted by Crippen LogP contribution is -2.43. The molecule has 0 radical (unpaired) electrons. The summed E-state index contributed by atoms with van der Waals surface area (Å²) >= 11 is 0. The number of aromatic nitrogens is 3. The Morgan fingerprint density at radius 2 is 2.03 bits per heavy atom. The van der Waals surface area contributed by atoms with Crippen molar-refractivity contribution in [3.8, 4) is 0 Å². The summed E-state index contributed by atoms with van der Waals surface area (Å²) in [5.74, 6) is 1.58. The maximum absolute atomic E-state index is 13.9.